The van der Waals surface area contributed by atoms with Crippen LogP contribution in [0.25, 0.3) is 11.2 Å². The van der Waals surface area contributed by atoms with Gasteiger partial charge in [0.05, 0.1) is 18.0 Å². The van der Waals surface area contributed by atoms with Crippen molar-refractivity contribution in [2.75, 3.05) is 5.32 Å². The van der Waals surface area contributed by atoms with E-state index in [0.717, 1.165) is 0 Å². The van der Waals surface area contributed by atoms with Gasteiger partial charge in [-0.05, 0) is 32.9 Å². The van der Waals surface area contributed by atoms with Crippen LogP contribution >= 0.6 is 0 Å². The van der Waals surface area contributed by atoms with Gasteiger partial charge in [-0.1, -0.05) is 0 Å². The Bertz CT molecular complexity index is 656. The number of carbonyl (C=O) groups excluding carboxylic acids is 2. The van der Waals surface area contributed by atoms with Gasteiger partial charge in [-0.15, -0.1) is 0 Å². The van der Waals surface area contributed by atoms with Crippen LogP contribution in [-0.4, -0.2) is 38.5 Å². The number of amides is 1. The second-order valence-electron chi connectivity index (χ2n) is 5.85. The largest absolute Gasteiger partial charge is 0.460 e. The standard InChI is InChI=1S/C14H19N5O3/c1-14(2,3)22-10(20)7-8(15)12(21)19-13-17-9-5-4-6-16-11(9)18-13/h4-6,8H,7,15H2,1-3H3,(H2,16,17,18,19,21). The van der Waals surface area contributed by atoms with Gasteiger partial charge in [0.1, 0.15) is 5.60 Å². The Balaban J connectivity index is 1.95. The number of H-pyrrole nitrogens is 1. The van der Waals surface area contributed by atoms with Gasteiger partial charge >= 0.3 is 5.97 Å². The molecule has 22 heavy (non-hydrogen) atoms. The van der Waals surface area contributed by atoms with E-state index in [4.69, 9.17) is 10.5 Å². The molecule has 0 aliphatic rings. The number of carbonyl (C=O) groups is 2. The zero-order chi connectivity index (χ0) is 16.3. The highest BCUT2D eigenvalue weighted by molar-refractivity contribution is 5.96. The van der Waals surface area contributed by atoms with Gasteiger partial charge in [-0.3, -0.25) is 14.9 Å². The number of hydrogen-bond acceptors (Lipinski definition) is 6. The summed E-state index contributed by atoms with van der Waals surface area (Å²) in [4.78, 5) is 34.7. The van der Waals surface area contributed by atoms with E-state index in [-0.39, 0.29) is 12.4 Å². The quantitative estimate of drug-likeness (QED) is 0.723. The minimum Gasteiger partial charge on any atom is -0.460 e. The average Bonchev–Trinajstić information content (AvgIpc) is 2.78. The minimum absolute atomic E-state index is 0.207. The van der Waals surface area contributed by atoms with Crippen molar-refractivity contribution in [1.82, 2.24) is 15.0 Å². The summed E-state index contributed by atoms with van der Waals surface area (Å²) in [5.74, 6) is -0.815. The first-order valence-electron chi connectivity index (χ1n) is 6.83. The molecule has 0 fully saturated rings. The maximum absolute atomic E-state index is 12.0. The Labute approximate surface area is 127 Å². The first-order valence-corrected chi connectivity index (χ1v) is 6.83. The number of nitrogens with one attached hydrogen (secondary N) is 2. The molecule has 0 aliphatic carbocycles. The lowest BCUT2D eigenvalue weighted by molar-refractivity contribution is -0.155. The second kappa shape index (κ2) is 6.10. The molecule has 0 aromatic carbocycles. The lowest BCUT2D eigenvalue weighted by atomic mass is 10.1. The fourth-order valence-electron chi connectivity index (χ4n) is 1.77. The van der Waals surface area contributed by atoms with Crippen molar-refractivity contribution in [1.29, 1.82) is 0 Å². The van der Waals surface area contributed by atoms with E-state index in [9.17, 15) is 9.59 Å². The van der Waals surface area contributed by atoms with Crippen LogP contribution in [0.5, 0.6) is 0 Å². The zero-order valence-electron chi connectivity index (χ0n) is 12.7. The summed E-state index contributed by atoms with van der Waals surface area (Å²) >= 11 is 0. The van der Waals surface area contributed by atoms with Crippen LogP contribution < -0.4 is 11.1 Å². The molecule has 2 aromatic heterocycles. The number of anilines is 1. The number of ether oxygens (including phenoxy) is 1. The van der Waals surface area contributed by atoms with Crippen LogP contribution in [0.1, 0.15) is 27.2 Å². The van der Waals surface area contributed by atoms with Gasteiger partial charge in [0.15, 0.2) is 5.65 Å². The van der Waals surface area contributed by atoms with Gasteiger partial charge in [0.25, 0.3) is 0 Å². The first-order chi connectivity index (χ1) is 10.2. The number of imidazole rings is 1. The van der Waals surface area contributed by atoms with E-state index in [1.807, 2.05) is 0 Å². The summed E-state index contributed by atoms with van der Waals surface area (Å²) in [6.07, 6.45) is 1.39. The summed E-state index contributed by atoms with van der Waals surface area (Å²) in [6, 6.07) is 2.52. The highest BCUT2D eigenvalue weighted by Crippen LogP contribution is 2.12. The molecule has 0 spiro atoms. The summed E-state index contributed by atoms with van der Waals surface area (Å²) in [6.45, 7) is 5.24. The van der Waals surface area contributed by atoms with Crippen LogP contribution in [-0.2, 0) is 14.3 Å². The molecule has 1 amide bonds. The molecule has 0 saturated heterocycles. The number of hydrogen-bond donors (Lipinski definition) is 3. The van der Waals surface area contributed by atoms with E-state index >= 15 is 0 Å². The van der Waals surface area contributed by atoms with E-state index in [1.54, 1.807) is 39.1 Å². The zero-order valence-corrected chi connectivity index (χ0v) is 12.7. The van der Waals surface area contributed by atoms with E-state index < -0.39 is 23.5 Å². The fourth-order valence-corrected chi connectivity index (χ4v) is 1.77. The number of nitrogens with two attached hydrogens (primary N) is 1. The molecule has 0 radical (unpaired) electrons. The molecule has 0 aliphatic heterocycles. The third-order valence-electron chi connectivity index (χ3n) is 2.64. The number of fused-ring (bicyclic) bond motifs is 1. The maximum atomic E-state index is 12.0. The number of pyridine rings is 1. The maximum Gasteiger partial charge on any atom is 0.308 e. The van der Waals surface area contributed by atoms with E-state index in [0.29, 0.717) is 11.2 Å². The van der Waals surface area contributed by atoms with Crippen LogP contribution in [0.3, 0.4) is 0 Å². The predicted molar refractivity (Wildman–Crippen MR) is 81.0 cm³/mol. The molecule has 1 unspecified atom stereocenters. The van der Waals surface area contributed by atoms with Crippen LogP contribution in [0.4, 0.5) is 5.95 Å². The highest BCUT2D eigenvalue weighted by atomic mass is 16.6. The monoisotopic (exact) mass is 305 g/mol. The van der Waals surface area contributed by atoms with Crippen LogP contribution in [0, 0.1) is 0 Å². The fraction of sp³-hybridized carbons (Fsp3) is 0.429. The van der Waals surface area contributed by atoms with Crippen molar-refractivity contribution in [2.45, 2.75) is 38.8 Å². The topological polar surface area (TPSA) is 123 Å². The first kappa shape index (κ1) is 15.9. The van der Waals surface area contributed by atoms with Crippen molar-refractivity contribution in [3.05, 3.63) is 18.3 Å². The Morgan fingerprint density at radius 2 is 2.18 bits per heavy atom. The number of rotatable bonds is 4. The van der Waals surface area contributed by atoms with Gasteiger partial charge < -0.3 is 15.5 Å². The van der Waals surface area contributed by atoms with Gasteiger partial charge in [0.2, 0.25) is 11.9 Å². The normalized spacial score (nSPS) is 12.9. The number of esters is 1. The molecule has 0 saturated carbocycles. The van der Waals surface area contributed by atoms with E-state index in [2.05, 4.69) is 20.3 Å². The molecule has 0 bridgehead atoms. The van der Waals surface area contributed by atoms with Crippen LogP contribution in [0.2, 0.25) is 0 Å². The Morgan fingerprint density at radius 1 is 1.45 bits per heavy atom. The predicted octanol–water partition coefficient (Wildman–Crippen LogP) is 0.955. The molecule has 8 nitrogen and oxygen atoms in total. The van der Waals surface area contributed by atoms with Crippen molar-refractivity contribution >= 4 is 29.0 Å². The molecular weight excluding hydrogens is 286 g/mol. The molecule has 2 aromatic rings. The van der Waals surface area contributed by atoms with Gasteiger partial charge in [-0.25, -0.2) is 4.98 Å². The third-order valence-corrected chi connectivity index (χ3v) is 2.64. The summed E-state index contributed by atoms with van der Waals surface area (Å²) in [5.41, 5.74) is 6.27. The van der Waals surface area contributed by atoms with Gasteiger partial charge in [0, 0.05) is 6.20 Å². The molecule has 118 valence electrons. The van der Waals surface area contributed by atoms with Gasteiger partial charge in [-0.2, -0.15) is 4.98 Å². The molecule has 1 atom stereocenters. The molecule has 2 rings (SSSR count). The molecule has 8 heteroatoms. The minimum atomic E-state index is -1.02. The van der Waals surface area contributed by atoms with Crippen molar-refractivity contribution in [3.63, 3.8) is 0 Å². The Kier molecular flexibility index (Phi) is 4.41. The highest BCUT2D eigenvalue weighted by Gasteiger charge is 2.23. The number of aromatic nitrogens is 3. The smallest absolute Gasteiger partial charge is 0.308 e. The van der Waals surface area contributed by atoms with Crippen molar-refractivity contribution in [2.24, 2.45) is 5.73 Å². The van der Waals surface area contributed by atoms with Crippen molar-refractivity contribution < 1.29 is 14.3 Å². The molecule has 4 N–H and O–H groups in total. The molecular formula is C14H19N5O3. The Morgan fingerprint density at radius 3 is 2.82 bits per heavy atom. The van der Waals surface area contributed by atoms with Crippen LogP contribution in [0.15, 0.2) is 18.3 Å². The third kappa shape index (κ3) is 4.26. The van der Waals surface area contributed by atoms with Crippen molar-refractivity contribution in [3.8, 4) is 0 Å². The van der Waals surface area contributed by atoms with E-state index in [1.165, 1.54) is 0 Å². The Hall–Kier alpha value is -2.48. The summed E-state index contributed by atoms with van der Waals surface area (Å²) < 4.78 is 5.12. The number of nitrogens with zero attached hydrogens (tertiary/aromatic N) is 2. The average molecular weight is 305 g/mol. The lowest BCUT2D eigenvalue weighted by Gasteiger charge is -2.20. The SMILES string of the molecule is CC(C)(C)OC(=O)CC(N)C(=O)Nc1nc2ncccc2[nH]1. The lowest BCUT2D eigenvalue weighted by Crippen LogP contribution is -2.39. The second-order valence-corrected chi connectivity index (χ2v) is 5.85. The summed E-state index contributed by atoms with van der Waals surface area (Å²) in [5, 5.41) is 2.52. The molecule has 2 heterocycles. The summed E-state index contributed by atoms with van der Waals surface area (Å²) in [7, 11) is 0. The number of aromatic amines is 1.